The van der Waals surface area contributed by atoms with Crippen LogP contribution in [0, 0.1) is 0 Å². The Bertz CT molecular complexity index is 733. The number of rotatable bonds is 3. The van der Waals surface area contributed by atoms with Crippen LogP contribution in [0.4, 0.5) is 5.69 Å². The summed E-state index contributed by atoms with van der Waals surface area (Å²) in [7, 11) is 1.47. The van der Waals surface area contributed by atoms with Crippen LogP contribution in [0.1, 0.15) is 17.3 Å². The Kier molecular flexibility index (Phi) is 4.18. The van der Waals surface area contributed by atoms with E-state index in [9.17, 15) is 14.4 Å². The van der Waals surface area contributed by atoms with E-state index in [1.54, 1.807) is 36.5 Å². The van der Waals surface area contributed by atoms with Gasteiger partial charge in [0, 0.05) is 31.5 Å². The lowest BCUT2D eigenvalue weighted by Gasteiger charge is -2.09. The Morgan fingerprint density at radius 1 is 1.10 bits per heavy atom. The summed E-state index contributed by atoms with van der Waals surface area (Å²) < 4.78 is 1.38. The van der Waals surface area contributed by atoms with Crippen molar-refractivity contribution in [2.24, 2.45) is 0 Å². The fourth-order valence-electron chi connectivity index (χ4n) is 1.91. The topological polar surface area (TPSA) is 80.2 Å². The van der Waals surface area contributed by atoms with Crippen LogP contribution in [0.25, 0.3) is 5.69 Å². The summed E-state index contributed by atoms with van der Waals surface area (Å²) in [5.74, 6) is -0.592. The van der Waals surface area contributed by atoms with E-state index in [4.69, 9.17) is 0 Å². The molecule has 2 N–H and O–H groups in total. The summed E-state index contributed by atoms with van der Waals surface area (Å²) in [4.78, 5) is 34.9. The number of anilines is 1. The number of carbonyl (C=O) groups excluding carboxylic acids is 2. The number of carbonyl (C=O) groups is 2. The Hall–Kier alpha value is -2.89. The maximum absolute atomic E-state index is 12.3. The molecule has 6 nitrogen and oxygen atoms in total. The third kappa shape index (κ3) is 3.17. The highest BCUT2D eigenvalue weighted by Gasteiger charge is 2.11. The van der Waals surface area contributed by atoms with Gasteiger partial charge in [0.15, 0.2) is 0 Å². The van der Waals surface area contributed by atoms with E-state index in [0.717, 1.165) is 0 Å². The Balaban J connectivity index is 2.41. The fourth-order valence-corrected chi connectivity index (χ4v) is 1.91. The zero-order valence-electron chi connectivity index (χ0n) is 11.7. The SMILES string of the molecule is CNC(=O)c1cccn(-c2ccc(NC(C)=O)cc2)c1=O. The van der Waals surface area contributed by atoms with Crippen molar-refractivity contribution in [1.29, 1.82) is 0 Å². The summed E-state index contributed by atoms with van der Waals surface area (Å²) >= 11 is 0. The van der Waals surface area contributed by atoms with Crippen molar-refractivity contribution < 1.29 is 9.59 Å². The smallest absolute Gasteiger partial charge is 0.267 e. The molecule has 108 valence electrons. The van der Waals surface area contributed by atoms with Gasteiger partial charge in [-0.05, 0) is 36.4 Å². The molecule has 2 amide bonds. The number of hydrogen-bond acceptors (Lipinski definition) is 3. The molecule has 6 heteroatoms. The number of nitrogens with one attached hydrogen (secondary N) is 2. The van der Waals surface area contributed by atoms with Crippen LogP contribution < -0.4 is 16.2 Å². The molecule has 1 aromatic heterocycles. The van der Waals surface area contributed by atoms with E-state index in [0.29, 0.717) is 11.4 Å². The zero-order chi connectivity index (χ0) is 15.4. The van der Waals surface area contributed by atoms with Gasteiger partial charge < -0.3 is 10.6 Å². The molecule has 0 bridgehead atoms. The average molecular weight is 285 g/mol. The Morgan fingerprint density at radius 2 is 1.76 bits per heavy atom. The predicted octanol–water partition coefficient (Wildman–Crippen LogP) is 1.16. The molecule has 0 atom stereocenters. The molecule has 0 fully saturated rings. The van der Waals surface area contributed by atoms with Gasteiger partial charge in [-0.15, -0.1) is 0 Å². The van der Waals surface area contributed by atoms with Gasteiger partial charge in [0.05, 0.1) is 0 Å². The molecule has 2 rings (SSSR count). The van der Waals surface area contributed by atoms with Crippen LogP contribution in [-0.4, -0.2) is 23.4 Å². The third-order valence-corrected chi connectivity index (χ3v) is 2.88. The van der Waals surface area contributed by atoms with E-state index < -0.39 is 11.5 Å². The number of benzene rings is 1. The molecule has 0 aliphatic rings. The zero-order valence-corrected chi connectivity index (χ0v) is 11.7. The summed E-state index contributed by atoms with van der Waals surface area (Å²) in [5.41, 5.74) is 0.927. The molecule has 0 radical (unpaired) electrons. The van der Waals surface area contributed by atoms with Gasteiger partial charge in [-0.1, -0.05) is 0 Å². The molecule has 0 spiro atoms. The van der Waals surface area contributed by atoms with Gasteiger partial charge in [0.25, 0.3) is 11.5 Å². The molecule has 0 aliphatic carbocycles. The molecule has 1 heterocycles. The summed E-state index contributed by atoms with van der Waals surface area (Å²) in [6, 6.07) is 9.88. The lowest BCUT2D eigenvalue weighted by atomic mass is 10.2. The van der Waals surface area contributed by atoms with Crippen LogP contribution in [0.2, 0.25) is 0 Å². The predicted molar refractivity (Wildman–Crippen MR) is 79.7 cm³/mol. The third-order valence-electron chi connectivity index (χ3n) is 2.88. The van der Waals surface area contributed by atoms with E-state index in [-0.39, 0.29) is 11.5 Å². The lowest BCUT2D eigenvalue weighted by molar-refractivity contribution is -0.114. The maximum atomic E-state index is 12.3. The number of nitrogens with zero attached hydrogens (tertiary/aromatic N) is 1. The Morgan fingerprint density at radius 3 is 2.33 bits per heavy atom. The highest BCUT2D eigenvalue weighted by Crippen LogP contribution is 2.12. The second-order valence-corrected chi connectivity index (χ2v) is 4.40. The second kappa shape index (κ2) is 6.04. The van der Waals surface area contributed by atoms with Gasteiger partial charge in [0.2, 0.25) is 5.91 Å². The van der Waals surface area contributed by atoms with E-state index in [1.807, 2.05) is 0 Å². The van der Waals surface area contributed by atoms with E-state index >= 15 is 0 Å². The highest BCUT2D eigenvalue weighted by molar-refractivity contribution is 5.93. The van der Waals surface area contributed by atoms with Crippen molar-refractivity contribution in [3.05, 3.63) is 58.5 Å². The van der Waals surface area contributed by atoms with Crippen LogP contribution in [0.3, 0.4) is 0 Å². The minimum Gasteiger partial charge on any atom is -0.355 e. The maximum Gasteiger partial charge on any atom is 0.267 e. The summed E-state index contributed by atoms with van der Waals surface area (Å²) in [6.45, 7) is 1.42. The quantitative estimate of drug-likeness (QED) is 0.888. The molecular formula is C15H15N3O3. The van der Waals surface area contributed by atoms with Crippen molar-refractivity contribution >= 4 is 17.5 Å². The van der Waals surface area contributed by atoms with Crippen molar-refractivity contribution in [3.8, 4) is 5.69 Å². The summed E-state index contributed by atoms with van der Waals surface area (Å²) in [6.07, 6.45) is 1.59. The monoisotopic (exact) mass is 285 g/mol. The number of amides is 2. The molecule has 0 saturated heterocycles. The highest BCUT2D eigenvalue weighted by atomic mass is 16.2. The van der Waals surface area contributed by atoms with Crippen molar-refractivity contribution in [2.45, 2.75) is 6.92 Å². The summed E-state index contributed by atoms with van der Waals surface area (Å²) in [5, 5.41) is 5.08. The van der Waals surface area contributed by atoms with Gasteiger partial charge in [-0.25, -0.2) is 0 Å². The van der Waals surface area contributed by atoms with E-state index in [2.05, 4.69) is 10.6 Å². The number of hydrogen-bond donors (Lipinski definition) is 2. The van der Waals surface area contributed by atoms with Gasteiger partial charge in [-0.2, -0.15) is 0 Å². The first-order chi connectivity index (χ1) is 10.0. The van der Waals surface area contributed by atoms with Gasteiger partial charge in [0.1, 0.15) is 5.56 Å². The van der Waals surface area contributed by atoms with Crippen molar-refractivity contribution in [1.82, 2.24) is 9.88 Å². The second-order valence-electron chi connectivity index (χ2n) is 4.40. The normalized spacial score (nSPS) is 10.0. The first-order valence-corrected chi connectivity index (χ1v) is 6.34. The molecule has 0 saturated carbocycles. The number of aromatic nitrogens is 1. The minimum absolute atomic E-state index is 0.0749. The molecule has 2 aromatic rings. The largest absolute Gasteiger partial charge is 0.355 e. The fraction of sp³-hybridized carbons (Fsp3) is 0.133. The van der Waals surface area contributed by atoms with Crippen LogP contribution >= 0.6 is 0 Å². The first kappa shape index (κ1) is 14.5. The molecule has 21 heavy (non-hydrogen) atoms. The molecule has 0 unspecified atom stereocenters. The molecule has 1 aromatic carbocycles. The van der Waals surface area contributed by atoms with Gasteiger partial charge >= 0.3 is 0 Å². The van der Waals surface area contributed by atoms with Crippen LogP contribution in [0.15, 0.2) is 47.4 Å². The first-order valence-electron chi connectivity index (χ1n) is 6.34. The minimum atomic E-state index is -0.427. The van der Waals surface area contributed by atoms with Gasteiger partial charge in [-0.3, -0.25) is 19.0 Å². The van der Waals surface area contributed by atoms with Crippen molar-refractivity contribution in [2.75, 3.05) is 12.4 Å². The number of pyridine rings is 1. The van der Waals surface area contributed by atoms with Crippen LogP contribution in [-0.2, 0) is 4.79 Å². The lowest BCUT2D eigenvalue weighted by Crippen LogP contribution is -2.30. The Labute approximate surface area is 121 Å². The molecular weight excluding hydrogens is 270 g/mol. The standard InChI is InChI=1S/C15H15N3O3/c1-10(19)17-11-5-7-12(8-6-11)18-9-3-4-13(15(18)21)14(20)16-2/h3-9H,1-2H3,(H,16,20)(H,17,19). The average Bonchev–Trinajstić information content (AvgIpc) is 2.47. The molecule has 0 aliphatic heterocycles. The van der Waals surface area contributed by atoms with E-state index in [1.165, 1.54) is 24.6 Å². The van der Waals surface area contributed by atoms with Crippen LogP contribution in [0.5, 0.6) is 0 Å². The van der Waals surface area contributed by atoms with Crippen molar-refractivity contribution in [3.63, 3.8) is 0 Å².